The van der Waals surface area contributed by atoms with Crippen LogP contribution < -0.4 is 0 Å². The number of halogens is 2. The summed E-state index contributed by atoms with van der Waals surface area (Å²) >= 11 is 5.27. The quantitative estimate of drug-likeness (QED) is 0.925. The maximum Gasteiger partial charge on any atom is 0.123 e. The zero-order chi connectivity index (χ0) is 11.5. The van der Waals surface area contributed by atoms with Gasteiger partial charge in [0, 0.05) is 4.47 Å². The Labute approximate surface area is 108 Å². The van der Waals surface area contributed by atoms with Gasteiger partial charge in [0.2, 0.25) is 0 Å². The van der Waals surface area contributed by atoms with Crippen molar-refractivity contribution in [1.82, 2.24) is 0 Å². The minimum absolute atomic E-state index is 0.244. The first-order chi connectivity index (χ1) is 7.66. The summed E-state index contributed by atoms with van der Waals surface area (Å²) in [6.45, 7) is 0. The summed E-state index contributed by atoms with van der Waals surface area (Å²) in [5.41, 5.74) is 0.851. The number of rotatable bonds is 3. The van der Waals surface area contributed by atoms with Gasteiger partial charge in [-0.2, -0.15) is 11.8 Å². The summed E-state index contributed by atoms with van der Waals surface area (Å²) in [6, 6.07) is 4.61. The van der Waals surface area contributed by atoms with Crippen molar-refractivity contribution in [2.45, 2.75) is 18.9 Å². The van der Waals surface area contributed by atoms with Crippen LogP contribution >= 0.6 is 27.7 Å². The molecular weight excluding hydrogens is 291 g/mol. The molecule has 0 spiro atoms. The molecule has 0 saturated carbocycles. The number of aliphatic hydroxyl groups is 1. The van der Waals surface area contributed by atoms with Crippen LogP contribution in [0.25, 0.3) is 0 Å². The Bertz CT molecular complexity index is 366. The van der Waals surface area contributed by atoms with E-state index in [1.165, 1.54) is 12.1 Å². The van der Waals surface area contributed by atoms with Crippen molar-refractivity contribution in [2.75, 3.05) is 11.5 Å². The van der Waals surface area contributed by atoms with Crippen molar-refractivity contribution in [1.29, 1.82) is 0 Å². The summed E-state index contributed by atoms with van der Waals surface area (Å²) in [6.07, 6.45) is 1.25. The van der Waals surface area contributed by atoms with Crippen LogP contribution in [0.4, 0.5) is 4.39 Å². The lowest BCUT2D eigenvalue weighted by molar-refractivity contribution is 0.120. The van der Waals surface area contributed by atoms with E-state index >= 15 is 0 Å². The van der Waals surface area contributed by atoms with Crippen LogP contribution in [0, 0.1) is 11.7 Å². The number of thioether (sulfide) groups is 1. The summed E-state index contributed by atoms with van der Waals surface area (Å²) < 4.78 is 13.9. The van der Waals surface area contributed by atoms with Gasteiger partial charge in [0.1, 0.15) is 5.82 Å². The molecule has 16 heavy (non-hydrogen) atoms. The van der Waals surface area contributed by atoms with E-state index < -0.39 is 0 Å². The second-order valence-corrected chi connectivity index (χ2v) is 6.14. The molecule has 1 aliphatic heterocycles. The highest BCUT2D eigenvalue weighted by atomic mass is 79.9. The highest BCUT2D eigenvalue weighted by molar-refractivity contribution is 9.10. The summed E-state index contributed by atoms with van der Waals surface area (Å²) in [7, 11) is 0. The van der Waals surface area contributed by atoms with Gasteiger partial charge in [-0.15, -0.1) is 0 Å². The first-order valence-corrected chi connectivity index (χ1v) is 7.31. The van der Waals surface area contributed by atoms with Crippen molar-refractivity contribution in [3.63, 3.8) is 0 Å². The van der Waals surface area contributed by atoms with Crippen molar-refractivity contribution in [2.24, 2.45) is 5.92 Å². The Morgan fingerprint density at radius 2 is 2.38 bits per heavy atom. The van der Waals surface area contributed by atoms with E-state index in [4.69, 9.17) is 0 Å². The van der Waals surface area contributed by atoms with E-state index in [-0.39, 0.29) is 11.9 Å². The standard InChI is InChI=1S/C12H14BrFOS/c13-11-2-1-10(14)5-9(11)6-12(15)8-3-4-16-7-8/h1-2,5,8,12,15H,3-4,6-7H2. The average Bonchev–Trinajstić information content (AvgIpc) is 2.76. The molecule has 0 amide bonds. The molecule has 1 saturated heterocycles. The average molecular weight is 305 g/mol. The smallest absolute Gasteiger partial charge is 0.123 e. The monoisotopic (exact) mass is 304 g/mol. The third kappa shape index (κ3) is 2.99. The maximum absolute atomic E-state index is 13.1. The van der Waals surface area contributed by atoms with Gasteiger partial charge >= 0.3 is 0 Å². The Hall–Kier alpha value is -0.0600. The molecule has 1 aromatic carbocycles. The summed E-state index contributed by atoms with van der Waals surface area (Å²) in [4.78, 5) is 0. The summed E-state index contributed by atoms with van der Waals surface area (Å²) in [5, 5.41) is 10.1. The zero-order valence-corrected chi connectivity index (χ0v) is 11.2. The van der Waals surface area contributed by atoms with Crippen LogP contribution in [0.15, 0.2) is 22.7 Å². The van der Waals surface area contributed by atoms with E-state index in [2.05, 4.69) is 15.9 Å². The second kappa shape index (κ2) is 5.52. The van der Waals surface area contributed by atoms with Gasteiger partial charge < -0.3 is 5.11 Å². The van der Waals surface area contributed by atoms with Crippen molar-refractivity contribution >= 4 is 27.7 Å². The van der Waals surface area contributed by atoms with Gasteiger partial charge in [0.25, 0.3) is 0 Å². The number of benzene rings is 1. The van der Waals surface area contributed by atoms with Crippen molar-refractivity contribution < 1.29 is 9.50 Å². The van der Waals surface area contributed by atoms with Crippen LogP contribution in [-0.4, -0.2) is 22.7 Å². The van der Waals surface area contributed by atoms with Gasteiger partial charge in [-0.25, -0.2) is 4.39 Å². The number of aliphatic hydroxyl groups excluding tert-OH is 1. The van der Waals surface area contributed by atoms with E-state index in [1.54, 1.807) is 6.07 Å². The molecule has 1 aliphatic rings. The third-order valence-electron chi connectivity index (χ3n) is 2.95. The highest BCUT2D eigenvalue weighted by Crippen LogP contribution is 2.29. The Kier molecular flexibility index (Phi) is 4.27. The fraction of sp³-hybridized carbons (Fsp3) is 0.500. The molecule has 4 heteroatoms. The van der Waals surface area contributed by atoms with Gasteiger partial charge in [-0.1, -0.05) is 15.9 Å². The predicted octanol–water partition coefficient (Wildman–Crippen LogP) is 3.24. The predicted molar refractivity (Wildman–Crippen MR) is 69.2 cm³/mol. The third-order valence-corrected chi connectivity index (χ3v) is 4.91. The van der Waals surface area contributed by atoms with Crippen LogP contribution in [0.3, 0.4) is 0 Å². The first-order valence-electron chi connectivity index (χ1n) is 5.36. The van der Waals surface area contributed by atoms with E-state index in [9.17, 15) is 9.50 Å². The Balaban J connectivity index is 2.04. The fourth-order valence-electron chi connectivity index (χ4n) is 1.95. The lowest BCUT2D eigenvalue weighted by atomic mass is 9.96. The minimum atomic E-state index is -0.354. The molecule has 0 radical (unpaired) electrons. The molecule has 0 aliphatic carbocycles. The zero-order valence-electron chi connectivity index (χ0n) is 8.83. The van der Waals surface area contributed by atoms with E-state index in [0.29, 0.717) is 12.3 Å². The topological polar surface area (TPSA) is 20.2 Å². The molecule has 0 aromatic heterocycles. The van der Waals surface area contributed by atoms with Gasteiger partial charge in [0.15, 0.2) is 0 Å². The van der Waals surface area contributed by atoms with Crippen LogP contribution in [0.1, 0.15) is 12.0 Å². The lowest BCUT2D eigenvalue weighted by Gasteiger charge is -2.17. The lowest BCUT2D eigenvalue weighted by Crippen LogP contribution is -2.22. The van der Waals surface area contributed by atoms with Crippen LogP contribution in [-0.2, 0) is 6.42 Å². The Morgan fingerprint density at radius 3 is 3.06 bits per heavy atom. The molecule has 2 unspecified atom stereocenters. The molecular formula is C12H14BrFOS. The molecule has 1 nitrogen and oxygen atoms in total. The van der Waals surface area contributed by atoms with E-state index in [0.717, 1.165) is 28.0 Å². The number of hydrogen-bond acceptors (Lipinski definition) is 2. The van der Waals surface area contributed by atoms with Crippen molar-refractivity contribution in [3.05, 3.63) is 34.1 Å². The SMILES string of the molecule is OC(Cc1cc(F)ccc1Br)C1CCSC1. The molecule has 88 valence electrons. The van der Waals surface area contributed by atoms with Gasteiger partial charge in [0.05, 0.1) is 6.10 Å². The number of hydrogen-bond donors (Lipinski definition) is 1. The summed E-state index contributed by atoms with van der Waals surface area (Å²) in [5.74, 6) is 2.27. The van der Waals surface area contributed by atoms with Gasteiger partial charge in [-0.05, 0) is 54.0 Å². The fourth-order valence-corrected chi connectivity index (χ4v) is 3.68. The minimum Gasteiger partial charge on any atom is -0.392 e. The largest absolute Gasteiger partial charge is 0.392 e. The highest BCUT2D eigenvalue weighted by Gasteiger charge is 2.24. The molecule has 2 rings (SSSR count). The second-order valence-electron chi connectivity index (χ2n) is 4.13. The molecule has 1 N–H and O–H groups in total. The molecule has 2 atom stereocenters. The van der Waals surface area contributed by atoms with E-state index in [1.807, 2.05) is 11.8 Å². The first kappa shape index (κ1) is 12.4. The van der Waals surface area contributed by atoms with Crippen LogP contribution in [0.2, 0.25) is 0 Å². The Morgan fingerprint density at radius 1 is 1.56 bits per heavy atom. The maximum atomic E-state index is 13.1. The molecule has 1 fully saturated rings. The van der Waals surface area contributed by atoms with Crippen LogP contribution in [0.5, 0.6) is 0 Å². The van der Waals surface area contributed by atoms with Gasteiger partial charge in [-0.3, -0.25) is 0 Å². The van der Waals surface area contributed by atoms with Crippen molar-refractivity contribution in [3.8, 4) is 0 Å². The molecule has 1 heterocycles. The molecule has 1 aromatic rings. The molecule has 0 bridgehead atoms. The normalized spacial score (nSPS) is 22.3.